The third kappa shape index (κ3) is 3.93. The number of ketones is 1. The number of aliphatic hydroxyl groups excluding tert-OH is 1. The molecule has 0 saturated heterocycles. The van der Waals surface area contributed by atoms with Gasteiger partial charge in [-0.25, -0.2) is 4.79 Å². The Kier molecular flexibility index (Phi) is 4.39. The summed E-state index contributed by atoms with van der Waals surface area (Å²) in [6.07, 6.45) is 1.36. The van der Waals surface area contributed by atoms with E-state index in [-0.39, 0.29) is 0 Å². The minimum atomic E-state index is -1.53. The van der Waals surface area contributed by atoms with Crippen molar-refractivity contribution in [1.29, 1.82) is 0 Å². The van der Waals surface area contributed by atoms with Crippen molar-refractivity contribution in [3.8, 4) is 0 Å². The zero-order valence-corrected chi connectivity index (χ0v) is 11.8. The van der Waals surface area contributed by atoms with Crippen LogP contribution >= 0.6 is 11.3 Å². The number of carbonyl (C=O) groups is 2. The third-order valence-electron chi connectivity index (χ3n) is 2.77. The van der Waals surface area contributed by atoms with E-state index < -0.39 is 17.5 Å². The Labute approximate surface area is 125 Å². The molecule has 0 saturated carbocycles. The number of anilines is 1. The fraction of sp³-hybridized carbons (Fsp3) is 0.0667. The van der Waals surface area contributed by atoms with Gasteiger partial charge in [0.05, 0.1) is 4.88 Å². The number of hydrogen-bond acceptors (Lipinski definition) is 5. The number of carboxylic acids is 1. The smallest absolute Gasteiger partial charge is 0.371 e. The van der Waals surface area contributed by atoms with Gasteiger partial charge in [-0.2, -0.15) is 0 Å². The number of nitrogen functional groups attached to an aromatic ring is 1. The summed E-state index contributed by atoms with van der Waals surface area (Å²) in [4.78, 5) is 22.6. The van der Waals surface area contributed by atoms with Gasteiger partial charge in [-0.05, 0) is 41.1 Å². The van der Waals surface area contributed by atoms with Crippen molar-refractivity contribution < 1.29 is 19.8 Å². The molecule has 6 heteroatoms. The quantitative estimate of drug-likeness (QED) is 0.341. The number of thiophene rings is 1. The molecular weight excluding hydrogens is 290 g/mol. The van der Waals surface area contributed by atoms with Crippen molar-refractivity contribution in [2.24, 2.45) is 0 Å². The number of benzene rings is 1. The topological polar surface area (TPSA) is 101 Å². The number of carbonyl (C=O) groups excluding carboxylic acids is 1. The Bertz CT molecular complexity index is 701. The first-order valence-electron chi connectivity index (χ1n) is 6.06. The highest BCUT2D eigenvalue weighted by Gasteiger charge is 2.11. The molecule has 0 amide bonds. The molecule has 5 nitrogen and oxygen atoms in total. The van der Waals surface area contributed by atoms with Gasteiger partial charge in [0.2, 0.25) is 5.76 Å². The van der Waals surface area contributed by atoms with Crippen LogP contribution in [0.25, 0.3) is 0 Å². The number of carboxylic acid groups (broad SMARTS) is 1. The molecule has 0 atom stereocenters. The highest BCUT2D eigenvalue weighted by molar-refractivity contribution is 7.12. The van der Waals surface area contributed by atoms with Crippen LogP contribution in [0.1, 0.15) is 20.8 Å². The van der Waals surface area contributed by atoms with Gasteiger partial charge >= 0.3 is 5.97 Å². The van der Waals surface area contributed by atoms with Gasteiger partial charge in [-0.1, -0.05) is 12.1 Å². The molecule has 0 unspecified atom stereocenters. The van der Waals surface area contributed by atoms with Gasteiger partial charge in [0.1, 0.15) is 0 Å². The minimum Gasteiger partial charge on any atom is -0.502 e. The van der Waals surface area contributed by atoms with E-state index in [1.807, 2.05) is 17.5 Å². The van der Waals surface area contributed by atoms with Gasteiger partial charge in [0.25, 0.3) is 0 Å². The van der Waals surface area contributed by atoms with Crippen LogP contribution in [0.5, 0.6) is 0 Å². The highest BCUT2D eigenvalue weighted by Crippen LogP contribution is 2.20. The predicted molar refractivity (Wildman–Crippen MR) is 80.7 cm³/mol. The first kappa shape index (κ1) is 14.8. The molecule has 0 bridgehead atoms. The van der Waals surface area contributed by atoms with Gasteiger partial charge in [-0.3, -0.25) is 4.79 Å². The van der Waals surface area contributed by atoms with Crippen LogP contribution in [0.15, 0.2) is 47.5 Å². The maximum Gasteiger partial charge on any atom is 0.371 e. The van der Waals surface area contributed by atoms with Crippen molar-refractivity contribution in [3.05, 3.63) is 63.6 Å². The fourth-order valence-electron chi connectivity index (χ4n) is 1.73. The first-order chi connectivity index (χ1) is 9.95. The number of aliphatic carboxylic acids is 1. The normalized spacial score (nSPS) is 11.3. The minimum absolute atomic E-state index is 0.383. The molecule has 0 aliphatic rings. The summed E-state index contributed by atoms with van der Waals surface area (Å²) in [7, 11) is 0. The predicted octanol–water partition coefficient (Wildman–Crippen LogP) is 2.63. The van der Waals surface area contributed by atoms with E-state index >= 15 is 0 Å². The molecule has 2 rings (SSSR count). The van der Waals surface area contributed by atoms with Crippen LogP contribution in [-0.2, 0) is 11.2 Å². The third-order valence-corrected chi connectivity index (χ3v) is 3.77. The zero-order chi connectivity index (χ0) is 15.4. The summed E-state index contributed by atoms with van der Waals surface area (Å²) in [5.74, 6) is -3.01. The van der Waals surface area contributed by atoms with E-state index in [0.717, 1.165) is 11.1 Å². The standard InChI is InChI=1S/C15H13NO4S/c16-11-3-1-9(2-4-11)5-10-6-14(21-8-10)12(17)7-13(18)15(19)20/h1-4,6-8,18H,5,16H2,(H,19,20). The number of allylic oxidation sites excluding steroid dienone is 1. The van der Waals surface area contributed by atoms with Crippen LogP contribution in [-0.4, -0.2) is 22.0 Å². The molecule has 0 fully saturated rings. The summed E-state index contributed by atoms with van der Waals surface area (Å²) in [5, 5.41) is 19.4. The average molecular weight is 303 g/mol. The largest absolute Gasteiger partial charge is 0.502 e. The summed E-state index contributed by atoms with van der Waals surface area (Å²) in [5.41, 5.74) is 8.30. The van der Waals surface area contributed by atoms with Gasteiger partial charge in [-0.15, -0.1) is 11.3 Å². The van der Waals surface area contributed by atoms with Crippen molar-refractivity contribution >= 4 is 28.8 Å². The molecule has 2 aromatic rings. The van der Waals surface area contributed by atoms with E-state index in [4.69, 9.17) is 15.9 Å². The molecule has 108 valence electrons. The Hall–Kier alpha value is -2.60. The van der Waals surface area contributed by atoms with Crippen molar-refractivity contribution in [1.82, 2.24) is 0 Å². The molecule has 21 heavy (non-hydrogen) atoms. The number of rotatable bonds is 5. The molecule has 0 spiro atoms. The number of aliphatic hydroxyl groups is 1. The van der Waals surface area contributed by atoms with E-state index in [0.29, 0.717) is 23.1 Å². The Morgan fingerprint density at radius 1 is 1.14 bits per heavy atom. The van der Waals surface area contributed by atoms with Crippen LogP contribution < -0.4 is 5.73 Å². The molecule has 1 aromatic carbocycles. The zero-order valence-electron chi connectivity index (χ0n) is 10.9. The van der Waals surface area contributed by atoms with E-state index in [1.165, 1.54) is 11.3 Å². The van der Waals surface area contributed by atoms with Crippen LogP contribution in [0.3, 0.4) is 0 Å². The van der Waals surface area contributed by atoms with Crippen molar-refractivity contribution in [3.63, 3.8) is 0 Å². The molecule has 0 aliphatic carbocycles. The Morgan fingerprint density at radius 2 is 1.81 bits per heavy atom. The van der Waals surface area contributed by atoms with Crippen molar-refractivity contribution in [2.45, 2.75) is 6.42 Å². The van der Waals surface area contributed by atoms with Gasteiger partial charge in [0.15, 0.2) is 5.78 Å². The summed E-state index contributed by atoms with van der Waals surface area (Å²) in [6.45, 7) is 0. The number of nitrogens with two attached hydrogens (primary N) is 1. The van der Waals surface area contributed by atoms with Gasteiger partial charge < -0.3 is 15.9 Å². The summed E-state index contributed by atoms with van der Waals surface area (Å²) >= 11 is 1.21. The Balaban J connectivity index is 2.11. The lowest BCUT2D eigenvalue weighted by Gasteiger charge is -1.99. The lowest BCUT2D eigenvalue weighted by molar-refractivity contribution is -0.135. The van der Waals surface area contributed by atoms with Crippen LogP contribution in [0.2, 0.25) is 0 Å². The SMILES string of the molecule is Nc1ccc(Cc2csc(C(=O)C=C(O)C(=O)O)c2)cc1. The van der Waals surface area contributed by atoms with Crippen LogP contribution in [0, 0.1) is 0 Å². The molecule has 1 heterocycles. The van der Waals surface area contributed by atoms with Crippen molar-refractivity contribution in [2.75, 3.05) is 5.73 Å². The van der Waals surface area contributed by atoms with Gasteiger partial charge in [0, 0.05) is 11.8 Å². The molecule has 0 aliphatic heterocycles. The molecular formula is C15H13NO4S. The monoisotopic (exact) mass is 303 g/mol. The maximum absolute atomic E-state index is 11.8. The second kappa shape index (κ2) is 6.23. The summed E-state index contributed by atoms with van der Waals surface area (Å²) < 4.78 is 0. The first-order valence-corrected chi connectivity index (χ1v) is 6.94. The van der Waals surface area contributed by atoms with E-state index in [2.05, 4.69) is 0 Å². The second-order valence-electron chi connectivity index (χ2n) is 4.44. The molecule has 1 aromatic heterocycles. The van der Waals surface area contributed by atoms with Crippen LogP contribution in [0.4, 0.5) is 5.69 Å². The second-order valence-corrected chi connectivity index (χ2v) is 5.35. The van der Waals surface area contributed by atoms with E-state index in [1.54, 1.807) is 18.2 Å². The summed E-state index contributed by atoms with van der Waals surface area (Å²) in [6, 6.07) is 9.12. The lowest BCUT2D eigenvalue weighted by atomic mass is 10.1. The van der Waals surface area contributed by atoms with E-state index in [9.17, 15) is 9.59 Å². The molecule has 0 radical (unpaired) electrons. The number of hydrogen-bond donors (Lipinski definition) is 3. The fourth-order valence-corrected chi connectivity index (χ4v) is 2.55. The lowest BCUT2D eigenvalue weighted by Crippen LogP contribution is -2.02. The maximum atomic E-state index is 11.8. The molecule has 4 N–H and O–H groups in total. The highest BCUT2D eigenvalue weighted by atomic mass is 32.1. The Morgan fingerprint density at radius 3 is 2.43 bits per heavy atom. The average Bonchev–Trinajstić information content (AvgIpc) is 2.90.